The third-order valence-corrected chi connectivity index (χ3v) is 2.42. The number of Topliss-reactive ketones (excluding diaryl/α,β-unsaturated/α-hetero) is 1. The summed E-state index contributed by atoms with van der Waals surface area (Å²) in [6.45, 7) is 0. The smallest absolute Gasteiger partial charge is 0.227 e. The van der Waals surface area contributed by atoms with Gasteiger partial charge in [-0.25, -0.2) is 0 Å². The molecule has 0 bridgehead atoms. The molecule has 0 radical (unpaired) electrons. The fraction of sp³-hybridized carbons (Fsp3) is 0. The number of carbonyl (C=O) groups excluding carboxylic acids is 2. The predicted octanol–water partition coefficient (Wildman–Crippen LogP) is 1.93. The van der Waals surface area contributed by atoms with Crippen molar-refractivity contribution in [3.8, 4) is 5.75 Å². The second-order valence-electron chi connectivity index (χ2n) is 3.79. The fourth-order valence-electron chi connectivity index (χ4n) is 1.50. The highest BCUT2D eigenvalue weighted by atomic mass is 16.3. The van der Waals surface area contributed by atoms with Crippen LogP contribution in [0.15, 0.2) is 53.8 Å². The van der Waals surface area contributed by atoms with Crippen molar-refractivity contribution in [2.45, 2.75) is 0 Å². The number of phenols is 1. The van der Waals surface area contributed by atoms with Crippen LogP contribution in [0.1, 0.15) is 5.56 Å². The summed E-state index contributed by atoms with van der Waals surface area (Å²) in [5, 5.41) is 18.3. The van der Waals surface area contributed by atoms with Crippen LogP contribution in [0.25, 0.3) is 6.08 Å². The zero-order valence-corrected chi connectivity index (χ0v) is 9.33. The first-order valence-electron chi connectivity index (χ1n) is 5.24. The Balaban J connectivity index is 2.21. The lowest BCUT2D eigenvalue weighted by Crippen LogP contribution is -2.12. The number of hydrogen-bond acceptors (Lipinski definition) is 4. The molecular formula is C14H10O4. The van der Waals surface area contributed by atoms with Gasteiger partial charge in [0.25, 0.3) is 0 Å². The highest BCUT2D eigenvalue weighted by molar-refractivity contribution is 6.20. The van der Waals surface area contributed by atoms with Crippen molar-refractivity contribution >= 4 is 17.6 Å². The summed E-state index contributed by atoms with van der Waals surface area (Å²) in [5.41, 5.74) is 0.899. The van der Waals surface area contributed by atoms with Gasteiger partial charge >= 0.3 is 0 Å². The molecule has 18 heavy (non-hydrogen) atoms. The molecule has 0 spiro atoms. The van der Waals surface area contributed by atoms with Crippen LogP contribution in [0, 0.1) is 0 Å². The summed E-state index contributed by atoms with van der Waals surface area (Å²) in [6.07, 6.45) is 5.13. The summed E-state index contributed by atoms with van der Waals surface area (Å²) in [5.74, 6) is -1.40. The van der Waals surface area contributed by atoms with E-state index in [1.54, 1.807) is 18.2 Å². The van der Waals surface area contributed by atoms with Crippen LogP contribution in [-0.4, -0.2) is 21.8 Å². The number of hydrogen-bond donors (Lipinski definition) is 2. The third-order valence-electron chi connectivity index (χ3n) is 2.42. The van der Waals surface area contributed by atoms with Crippen molar-refractivity contribution in [2.24, 2.45) is 0 Å². The van der Waals surface area contributed by atoms with Gasteiger partial charge in [-0.3, -0.25) is 9.59 Å². The maximum Gasteiger partial charge on any atom is 0.227 e. The van der Waals surface area contributed by atoms with E-state index in [1.807, 2.05) is 0 Å². The Morgan fingerprint density at radius 1 is 0.889 bits per heavy atom. The van der Waals surface area contributed by atoms with Crippen LogP contribution in [0.5, 0.6) is 5.75 Å². The van der Waals surface area contributed by atoms with E-state index >= 15 is 0 Å². The molecule has 1 aliphatic carbocycles. The van der Waals surface area contributed by atoms with Gasteiger partial charge in [0.05, 0.1) is 0 Å². The zero-order valence-electron chi connectivity index (χ0n) is 9.33. The average molecular weight is 242 g/mol. The van der Waals surface area contributed by atoms with Crippen LogP contribution >= 0.6 is 0 Å². The van der Waals surface area contributed by atoms with E-state index < -0.39 is 17.3 Å². The Labute approximate surface area is 103 Å². The van der Waals surface area contributed by atoms with Gasteiger partial charge in [0.2, 0.25) is 5.78 Å². The van der Waals surface area contributed by atoms with Gasteiger partial charge in [-0.2, -0.15) is 0 Å². The molecule has 0 unspecified atom stereocenters. The lowest BCUT2D eigenvalue weighted by molar-refractivity contribution is -0.117. The number of ketones is 2. The maximum absolute atomic E-state index is 11.5. The first-order valence-corrected chi connectivity index (χ1v) is 5.24. The van der Waals surface area contributed by atoms with E-state index in [2.05, 4.69) is 0 Å². The molecule has 4 nitrogen and oxygen atoms in total. The monoisotopic (exact) mass is 242 g/mol. The van der Waals surface area contributed by atoms with Crippen LogP contribution in [0.2, 0.25) is 0 Å². The predicted molar refractivity (Wildman–Crippen MR) is 65.9 cm³/mol. The van der Waals surface area contributed by atoms with Gasteiger partial charge in [0.15, 0.2) is 11.5 Å². The molecule has 1 aromatic rings. The quantitative estimate of drug-likeness (QED) is 0.777. The standard InChI is InChI=1S/C14H10O4/c15-11-5-2-9(3-6-11)1-4-10-7-12(16)8-13(17)14(10)18/h1-8,15,17H/b4-1+. The minimum atomic E-state index is -0.579. The van der Waals surface area contributed by atoms with Crippen LogP contribution < -0.4 is 0 Å². The van der Waals surface area contributed by atoms with Crippen LogP contribution in [0.3, 0.4) is 0 Å². The second-order valence-corrected chi connectivity index (χ2v) is 3.79. The summed E-state index contributed by atoms with van der Waals surface area (Å²) in [6, 6.07) is 6.35. The van der Waals surface area contributed by atoms with Crippen molar-refractivity contribution in [3.63, 3.8) is 0 Å². The Kier molecular flexibility index (Phi) is 3.10. The van der Waals surface area contributed by atoms with Crippen molar-refractivity contribution in [1.82, 2.24) is 0 Å². The largest absolute Gasteiger partial charge is 0.508 e. The zero-order chi connectivity index (χ0) is 13.1. The maximum atomic E-state index is 11.5. The number of carbonyl (C=O) groups is 2. The molecule has 2 N–H and O–H groups in total. The Hall–Kier alpha value is -2.62. The van der Waals surface area contributed by atoms with Crippen LogP contribution in [0.4, 0.5) is 0 Å². The summed E-state index contributed by atoms with van der Waals surface area (Å²) in [4.78, 5) is 22.7. The topological polar surface area (TPSA) is 74.6 Å². The van der Waals surface area contributed by atoms with Crippen LogP contribution in [-0.2, 0) is 9.59 Å². The first-order chi connectivity index (χ1) is 8.56. The Morgan fingerprint density at radius 2 is 1.56 bits per heavy atom. The molecule has 90 valence electrons. The summed E-state index contributed by atoms with van der Waals surface area (Å²) >= 11 is 0. The van der Waals surface area contributed by atoms with Gasteiger partial charge in [-0.05, 0) is 23.8 Å². The lowest BCUT2D eigenvalue weighted by atomic mass is 10.0. The van der Waals surface area contributed by atoms with Crippen molar-refractivity contribution in [1.29, 1.82) is 0 Å². The molecular weight excluding hydrogens is 232 g/mol. The van der Waals surface area contributed by atoms with E-state index in [-0.39, 0.29) is 11.3 Å². The van der Waals surface area contributed by atoms with E-state index in [0.717, 1.165) is 11.6 Å². The molecule has 0 aromatic heterocycles. The highest BCUT2D eigenvalue weighted by Gasteiger charge is 2.18. The van der Waals surface area contributed by atoms with Gasteiger partial charge in [-0.1, -0.05) is 24.3 Å². The molecule has 0 fully saturated rings. The van der Waals surface area contributed by atoms with Crippen molar-refractivity contribution < 1.29 is 19.8 Å². The number of aliphatic hydroxyl groups excluding tert-OH is 1. The third kappa shape index (κ3) is 2.55. The van der Waals surface area contributed by atoms with E-state index in [9.17, 15) is 14.7 Å². The molecule has 1 aliphatic rings. The molecule has 0 heterocycles. The van der Waals surface area contributed by atoms with Crippen molar-refractivity contribution in [3.05, 3.63) is 59.4 Å². The summed E-state index contributed by atoms with van der Waals surface area (Å²) in [7, 11) is 0. The second kappa shape index (κ2) is 4.71. The van der Waals surface area contributed by atoms with E-state index in [1.165, 1.54) is 24.3 Å². The Morgan fingerprint density at radius 3 is 2.22 bits per heavy atom. The van der Waals surface area contributed by atoms with Gasteiger partial charge in [0, 0.05) is 11.6 Å². The van der Waals surface area contributed by atoms with E-state index in [0.29, 0.717) is 0 Å². The van der Waals surface area contributed by atoms with Gasteiger partial charge < -0.3 is 10.2 Å². The number of aromatic hydroxyl groups is 1. The molecule has 0 saturated heterocycles. The van der Waals surface area contributed by atoms with Gasteiger partial charge in [0.1, 0.15) is 5.75 Å². The normalized spacial score (nSPS) is 15.8. The molecule has 0 atom stereocenters. The van der Waals surface area contributed by atoms with Crippen molar-refractivity contribution in [2.75, 3.05) is 0 Å². The average Bonchev–Trinajstić information content (AvgIpc) is 2.34. The number of phenolic OH excluding ortho intramolecular Hbond substituents is 1. The Bertz CT molecular complexity index is 589. The number of allylic oxidation sites excluding steroid dienone is 4. The number of rotatable bonds is 2. The molecule has 0 saturated carbocycles. The lowest BCUT2D eigenvalue weighted by Gasteiger charge is -2.05. The van der Waals surface area contributed by atoms with Gasteiger partial charge in [-0.15, -0.1) is 0 Å². The van der Waals surface area contributed by atoms with E-state index in [4.69, 9.17) is 5.11 Å². The minimum absolute atomic E-state index is 0.132. The summed E-state index contributed by atoms with van der Waals surface area (Å²) < 4.78 is 0. The fourth-order valence-corrected chi connectivity index (χ4v) is 1.50. The molecule has 4 heteroatoms. The number of aliphatic hydroxyl groups is 1. The molecule has 0 amide bonds. The SMILES string of the molecule is O=C1C=C(O)C(=O)C(/C=C/c2ccc(O)cc2)=C1. The minimum Gasteiger partial charge on any atom is -0.508 e. The molecule has 1 aromatic carbocycles. The molecule has 2 rings (SSSR count). The molecule has 0 aliphatic heterocycles. The number of benzene rings is 1. The first kappa shape index (κ1) is 11.9. The highest BCUT2D eigenvalue weighted by Crippen LogP contribution is 2.15.